The van der Waals surface area contributed by atoms with Crippen molar-refractivity contribution < 1.29 is 9.32 Å². The van der Waals surface area contributed by atoms with E-state index in [9.17, 15) is 4.79 Å². The van der Waals surface area contributed by atoms with E-state index in [1.807, 2.05) is 13.8 Å². The van der Waals surface area contributed by atoms with E-state index >= 15 is 0 Å². The summed E-state index contributed by atoms with van der Waals surface area (Å²) >= 11 is 0. The van der Waals surface area contributed by atoms with Gasteiger partial charge in [-0.05, 0) is 39.7 Å². The van der Waals surface area contributed by atoms with Crippen LogP contribution in [0.2, 0.25) is 0 Å². The van der Waals surface area contributed by atoms with Gasteiger partial charge in [-0.3, -0.25) is 10.1 Å². The first-order chi connectivity index (χ1) is 8.59. The largest absolute Gasteiger partial charge is 0.338 e. The molecule has 0 saturated carbocycles. The molecule has 2 N–H and O–H groups in total. The van der Waals surface area contributed by atoms with Gasteiger partial charge in [0, 0.05) is 12.1 Å². The summed E-state index contributed by atoms with van der Waals surface area (Å²) in [5, 5.41) is 10.0. The SMILES string of the molecule is CCC1(C(=O)Nc2onc(C)c2C)CCCNC1. The lowest BCUT2D eigenvalue weighted by molar-refractivity contribution is -0.127. The molecule has 1 amide bonds. The van der Waals surface area contributed by atoms with Gasteiger partial charge in [0.2, 0.25) is 11.8 Å². The first-order valence-electron chi connectivity index (χ1n) is 6.54. The van der Waals surface area contributed by atoms with Gasteiger partial charge >= 0.3 is 0 Å². The highest BCUT2D eigenvalue weighted by Gasteiger charge is 2.38. The number of carbonyl (C=O) groups excluding carboxylic acids is 1. The van der Waals surface area contributed by atoms with Crippen molar-refractivity contribution in [2.45, 2.75) is 40.0 Å². The number of aromatic nitrogens is 1. The molecule has 1 saturated heterocycles. The highest BCUT2D eigenvalue weighted by Crippen LogP contribution is 2.32. The third-order valence-corrected chi connectivity index (χ3v) is 4.01. The zero-order valence-corrected chi connectivity index (χ0v) is 11.3. The molecule has 0 spiro atoms. The van der Waals surface area contributed by atoms with Crippen LogP contribution in [-0.4, -0.2) is 24.2 Å². The Bertz CT molecular complexity index is 433. The van der Waals surface area contributed by atoms with Crippen molar-refractivity contribution in [3.8, 4) is 0 Å². The predicted molar refractivity (Wildman–Crippen MR) is 69.4 cm³/mol. The quantitative estimate of drug-likeness (QED) is 0.862. The molecule has 1 aliphatic rings. The van der Waals surface area contributed by atoms with Gasteiger partial charge in [0.1, 0.15) is 0 Å². The highest BCUT2D eigenvalue weighted by molar-refractivity contribution is 5.95. The topological polar surface area (TPSA) is 67.2 Å². The molecule has 2 rings (SSSR count). The van der Waals surface area contributed by atoms with E-state index in [1.54, 1.807) is 0 Å². The smallest absolute Gasteiger partial charge is 0.234 e. The van der Waals surface area contributed by atoms with E-state index in [1.165, 1.54) is 0 Å². The molecule has 5 nitrogen and oxygen atoms in total. The minimum atomic E-state index is -0.314. The molecule has 1 aromatic rings. The summed E-state index contributed by atoms with van der Waals surface area (Å²) in [5.41, 5.74) is 1.40. The lowest BCUT2D eigenvalue weighted by Gasteiger charge is -2.35. The van der Waals surface area contributed by atoms with Crippen molar-refractivity contribution in [2.24, 2.45) is 5.41 Å². The van der Waals surface area contributed by atoms with Gasteiger partial charge in [-0.25, -0.2) is 0 Å². The highest BCUT2D eigenvalue weighted by atomic mass is 16.5. The fourth-order valence-corrected chi connectivity index (χ4v) is 2.39. The lowest BCUT2D eigenvalue weighted by Crippen LogP contribution is -2.47. The van der Waals surface area contributed by atoms with Crippen LogP contribution in [0.3, 0.4) is 0 Å². The third-order valence-electron chi connectivity index (χ3n) is 4.01. The average molecular weight is 251 g/mol. The summed E-state index contributed by atoms with van der Waals surface area (Å²) in [5.74, 6) is 0.521. The van der Waals surface area contributed by atoms with Crippen LogP contribution in [0.25, 0.3) is 0 Å². The normalized spacial score (nSPS) is 23.9. The molecular formula is C13H21N3O2. The second-order valence-electron chi connectivity index (χ2n) is 5.09. The zero-order chi connectivity index (χ0) is 13.2. The molecule has 0 aliphatic carbocycles. The number of carbonyl (C=O) groups is 1. The maximum absolute atomic E-state index is 12.4. The van der Waals surface area contributed by atoms with Gasteiger partial charge in [-0.2, -0.15) is 0 Å². The fraction of sp³-hybridized carbons (Fsp3) is 0.692. The van der Waals surface area contributed by atoms with E-state index in [2.05, 4.69) is 22.7 Å². The van der Waals surface area contributed by atoms with E-state index < -0.39 is 0 Å². The number of hydrogen-bond acceptors (Lipinski definition) is 4. The third kappa shape index (κ3) is 2.27. The Hall–Kier alpha value is -1.36. The summed E-state index contributed by atoms with van der Waals surface area (Å²) in [6.07, 6.45) is 2.79. The molecule has 1 aliphatic heterocycles. The van der Waals surface area contributed by atoms with Crippen LogP contribution in [0.1, 0.15) is 37.4 Å². The van der Waals surface area contributed by atoms with Crippen LogP contribution in [0.5, 0.6) is 0 Å². The van der Waals surface area contributed by atoms with Gasteiger partial charge < -0.3 is 9.84 Å². The number of piperidine rings is 1. The number of amides is 1. The molecule has 1 aromatic heterocycles. The van der Waals surface area contributed by atoms with Crippen molar-refractivity contribution in [1.29, 1.82) is 0 Å². The molecule has 5 heteroatoms. The monoisotopic (exact) mass is 251 g/mol. The maximum Gasteiger partial charge on any atom is 0.234 e. The Balaban J connectivity index is 2.13. The van der Waals surface area contributed by atoms with Crippen LogP contribution in [0.4, 0.5) is 5.88 Å². The summed E-state index contributed by atoms with van der Waals surface area (Å²) in [7, 11) is 0. The van der Waals surface area contributed by atoms with E-state index in [-0.39, 0.29) is 11.3 Å². The number of nitrogens with zero attached hydrogens (tertiary/aromatic N) is 1. The number of hydrogen-bond donors (Lipinski definition) is 2. The minimum absolute atomic E-state index is 0.0384. The van der Waals surface area contributed by atoms with Gasteiger partial charge in [-0.15, -0.1) is 0 Å². The Morgan fingerprint density at radius 2 is 2.33 bits per heavy atom. The Labute approximate surface area is 107 Å². The van der Waals surface area contributed by atoms with Crippen molar-refractivity contribution in [1.82, 2.24) is 10.5 Å². The zero-order valence-electron chi connectivity index (χ0n) is 11.3. The molecule has 18 heavy (non-hydrogen) atoms. The van der Waals surface area contributed by atoms with E-state index in [0.717, 1.165) is 43.6 Å². The second-order valence-corrected chi connectivity index (χ2v) is 5.09. The number of nitrogens with one attached hydrogen (secondary N) is 2. The summed E-state index contributed by atoms with van der Waals surface area (Å²) in [6.45, 7) is 7.56. The molecule has 1 atom stereocenters. The Morgan fingerprint density at radius 1 is 1.56 bits per heavy atom. The van der Waals surface area contributed by atoms with Gasteiger partial charge in [-0.1, -0.05) is 12.1 Å². The standard InChI is InChI=1S/C13H21N3O2/c1-4-13(6-5-7-14-8-13)12(17)15-11-9(2)10(3)16-18-11/h14H,4-8H2,1-3H3,(H,15,17). The molecular weight excluding hydrogens is 230 g/mol. The Morgan fingerprint density at radius 3 is 2.83 bits per heavy atom. The number of anilines is 1. The summed E-state index contributed by atoms with van der Waals surface area (Å²) < 4.78 is 5.14. The first kappa shape index (κ1) is 13.1. The number of rotatable bonds is 3. The first-order valence-corrected chi connectivity index (χ1v) is 6.54. The lowest BCUT2D eigenvalue weighted by atomic mass is 9.77. The van der Waals surface area contributed by atoms with Crippen molar-refractivity contribution in [3.05, 3.63) is 11.3 Å². The minimum Gasteiger partial charge on any atom is -0.338 e. The van der Waals surface area contributed by atoms with Gasteiger partial charge in [0.25, 0.3) is 0 Å². The van der Waals surface area contributed by atoms with Gasteiger partial charge in [0.15, 0.2) is 0 Å². The summed E-state index contributed by atoms with van der Waals surface area (Å²) in [4.78, 5) is 12.4. The molecule has 1 unspecified atom stereocenters. The molecule has 0 radical (unpaired) electrons. The molecule has 100 valence electrons. The maximum atomic E-state index is 12.4. The van der Waals surface area contributed by atoms with Crippen molar-refractivity contribution in [2.75, 3.05) is 18.4 Å². The molecule has 2 heterocycles. The van der Waals surface area contributed by atoms with Crippen molar-refractivity contribution >= 4 is 11.8 Å². The van der Waals surface area contributed by atoms with Crippen LogP contribution in [-0.2, 0) is 4.79 Å². The van der Waals surface area contributed by atoms with Crippen LogP contribution < -0.4 is 10.6 Å². The summed E-state index contributed by atoms with van der Waals surface area (Å²) in [6, 6.07) is 0. The Kier molecular flexibility index (Phi) is 3.71. The molecule has 0 aromatic carbocycles. The fourth-order valence-electron chi connectivity index (χ4n) is 2.39. The molecule has 1 fully saturated rings. The van der Waals surface area contributed by atoms with E-state index in [4.69, 9.17) is 4.52 Å². The van der Waals surface area contributed by atoms with Crippen LogP contribution in [0.15, 0.2) is 4.52 Å². The number of aryl methyl sites for hydroxylation is 1. The van der Waals surface area contributed by atoms with Crippen molar-refractivity contribution in [3.63, 3.8) is 0 Å². The average Bonchev–Trinajstić information content (AvgIpc) is 2.71. The van der Waals surface area contributed by atoms with Crippen LogP contribution in [0, 0.1) is 19.3 Å². The second kappa shape index (κ2) is 5.10. The van der Waals surface area contributed by atoms with E-state index in [0.29, 0.717) is 5.88 Å². The van der Waals surface area contributed by atoms with Gasteiger partial charge in [0.05, 0.1) is 11.1 Å². The molecule has 0 bridgehead atoms. The predicted octanol–water partition coefficient (Wildman–Crippen LogP) is 2.01. The van der Waals surface area contributed by atoms with Crippen LogP contribution >= 0.6 is 0 Å².